The zero-order chi connectivity index (χ0) is 13.3. The van der Waals surface area contributed by atoms with Gasteiger partial charge in [-0.1, -0.05) is 0 Å². The van der Waals surface area contributed by atoms with Gasteiger partial charge in [0.2, 0.25) is 0 Å². The number of ether oxygens (including phenoxy) is 1. The number of hydrogen-bond acceptors (Lipinski definition) is 4. The van der Waals surface area contributed by atoms with Crippen LogP contribution < -0.4 is 0 Å². The van der Waals surface area contributed by atoms with Crippen molar-refractivity contribution < 1.29 is 19.7 Å². The first-order valence-electron chi connectivity index (χ1n) is 5.93. The molecule has 1 aromatic carbocycles. The molecule has 1 aromatic rings. The van der Waals surface area contributed by atoms with Crippen LogP contribution >= 0.6 is 0 Å². The smallest absolute Gasteiger partial charge is 0.254 e. The van der Waals surface area contributed by atoms with Crippen LogP contribution in [0.4, 0.5) is 0 Å². The van der Waals surface area contributed by atoms with Crippen LogP contribution in [-0.4, -0.2) is 46.3 Å². The second kappa shape index (κ2) is 4.86. The molecule has 2 unspecified atom stereocenters. The molecule has 0 spiro atoms. The number of carbonyl (C=O) groups is 1. The van der Waals surface area contributed by atoms with Gasteiger partial charge in [-0.05, 0) is 26.0 Å². The minimum Gasteiger partial charge on any atom is -0.508 e. The lowest BCUT2D eigenvalue weighted by Crippen LogP contribution is -2.48. The average molecular weight is 251 g/mol. The van der Waals surface area contributed by atoms with Gasteiger partial charge < -0.3 is 19.8 Å². The van der Waals surface area contributed by atoms with E-state index in [0.29, 0.717) is 13.1 Å². The van der Waals surface area contributed by atoms with Crippen molar-refractivity contribution in [2.24, 2.45) is 0 Å². The van der Waals surface area contributed by atoms with Gasteiger partial charge in [-0.15, -0.1) is 0 Å². The molecule has 18 heavy (non-hydrogen) atoms. The van der Waals surface area contributed by atoms with Gasteiger partial charge in [-0.3, -0.25) is 4.79 Å². The number of rotatable bonds is 1. The van der Waals surface area contributed by atoms with Gasteiger partial charge in [0.1, 0.15) is 11.5 Å². The summed E-state index contributed by atoms with van der Waals surface area (Å²) in [6.45, 7) is 4.85. The summed E-state index contributed by atoms with van der Waals surface area (Å²) >= 11 is 0. The molecule has 2 N–H and O–H groups in total. The Hall–Kier alpha value is -1.75. The average Bonchev–Trinajstić information content (AvgIpc) is 2.25. The molecular formula is C13H17NO4. The summed E-state index contributed by atoms with van der Waals surface area (Å²) in [7, 11) is 0. The van der Waals surface area contributed by atoms with Crippen molar-refractivity contribution in [3.63, 3.8) is 0 Å². The van der Waals surface area contributed by atoms with Crippen molar-refractivity contribution in [2.45, 2.75) is 26.1 Å². The zero-order valence-electron chi connectivity index (χ0n) is 10.5. The molecule has 1 amide bonds. The van der Waals surface area contributed by atoms with Gasteiger partial charge in [0.25, 0.3) is 5.91 Å². The molecule has 0 saturated carbocycles. The van der Waals surface area contributed by atoms with Crippen molar-refractivity contribution in [3.8, 4) is 11.5 Å². The number of aromatic hydroxyl groups is 2. The Morgan fingerprint density at radius 3 is 2.17 bits per heavy atom. The molecule has 0 radical (unpaired) electrons. The van der Waals surface area contributed by atoms with E-state index in [0.717, 1.165) is 0 Å². The third kappa shape index (κ3) is 2.73. The number of nitrogens with zero attached hydrogens (tertiary/aromatic N) is 1. The maximum Gasteiger partial charge on any atom is 0.254 e. The van der Waals surface area contributed by atoms with E-state index in [-0.39, 0.29) is 35.2 Å². The fraction of sp³-hybridized carbons (Fsp3) is 0.462. The first kappa shape index (κ1) is 12.7. The highest BCUT2D eigenvalue weighted by atomic mass is 16.5. The molecule has 1 heterocycles. The Kier molecular flexibility index (Phi) is 3.43. The summed E-state index contributed by atoms with van der Waals surface area (Å²) < 4.78 is 5.56. The predicted octanol–water partition coefficient (Wildman–Crippen LogP) is 1.35. The molecule has 1 saturated heterocycles. The summed E-state index contributed by atoms with van der Waals surface area (Å²) in [5.41, 5.74) is 0.286. The number of hydrogen-bond donors (Lipinski definition) is 2. The Balaban J connectivity index is 2.20. The lowest BCUT2D eigenvalue weighted by molar-refractivity contribution is -0.0586. The van der Waals surface area contributed by atoms with Crippen LogP contribution in [-0.2, 0) is 4.74 Å². The molecule has 2 rings (SSSR count). The summed E-state index contributed by atoms with van der Waals surface area (Å²) in [5.74, 6) is -0.441. The number of amides is 1. The van der Waals surface area contributed by atoms with Crippen molar-refractivity contribution in [3.05, 3.63) is 23.8 Å². The lowest BCUT2D eigenvalue weighted by Gasteiger charge is -2.35. The molecular weight excluding hydrogens is 234 g/mol. The molecule has 0 aliphatic carbocycles. The molecule has 1 aliphatic rings. The normalized spacial score (nSPS) is 24.0. The highest BCUT2D eigenvalue weighted by Gasteiger charge is 2.26. The third-order valence-electron chi connectivity index (χ3n) is 2.86. The summed E-state index contributed by atoms with van der Waals surface area (Å²) in [5, 5.41) is 18.8. The first-order chi connectivity index (χ1) is 8.45. The fourth-order valence-electron chi connectivity index (χ4n) is 2.24. The molecule has 5 nitrogen and oxygen atoms in total. The van der Waals surface area contributed by atoms with Crippen molar-refractivity contribution in [1.29, 1.82) is 0 Å². The maximum absolute atomic E-state index is 12.2. The summed E-state index contributed by atoms with van der Waals surface area (Å²) in [6, 6.07) is 3.90. The van der Waals surface area contributed by atoms with Gasteiger partial charge in [-0.2, -0.15) is 0 Å². The Bertz CT molecular complexity index is 430. The first-order valence-corrected chi connectivity index (χ1v) is 5.93. The van der Waals surface area contributed by atoms with Crippen LogP contribution in [0.3, 0.4) is 0 Å². The summed E-state index contributed by atoms with van der Waals surface area (Å²) in [6.07, 6.45) is -0.0211. The Labute approximate surface area is 106 Å². The standard InChI is InChI=1S/C13H17NO4/c1-8-6-14(7-9(2)18-8)13(17)10-3-11(15)5-12(16)4-10/h3-5,8-9,15-16H,6-7H2,1-2H3. The van der Waals surface area contributed by atoms with E-state index < -0.39 is 0 Å². The van der Waals surface area contributed by atoms with E-state index in [4.69, 9.17) is 4.74 Å². The molecule has 1 aliphatic heterocycles. The Morgan fingerprint density at radius 1 is 1.17 bits per heavy atom. The topological polar surface area (TPSA) is 70.0 Å². The van der Waals surface area contributed by atoms with Crippen LogP contribution in [0.5, 0.6) is 11.5 Å². The number of phenols is 2. The lowest BCUT2D eigenvalue weighted by atomic mass is 10.1. The van der Waals surface area contributed by atoms with Crippen molar-refractivity contribution in [1.82, 2.24) is 4.90 Å². The largest absolute Gasteiger partial charge is 0.508 e. The summed E-state index contributed by atoms with van der Waals surface area (Å²) in [4.78, 5) is 13.9. The number of carbonyl (C=O) groups excluding carboxylic acids is 1. The highest BCUT2D eigenvalue weighted by molar-refractivity contribution is 5.95. The Morgan fingerprint density at radius 2 is 1.67 bits per heavy atom. The monoisotopic (exact) mass is 251 g/mol. The molecule has 5 heteroatoms. The van der Waals surface area contributed by atoms with Crippen LogP contribution in [0.2, 0.25) is 0 Å². The minimum atomic E-state index is -0.205. The number of phenolic OH excluding ortho intramolecular Hbond substituents is 2. The number of benzene rings is 1. The molecule has 0 aromatic heterocycles. The number of morpholine rings is 1. The predicted molar refractivity (Wildman–Crippen MR) is 65.7 cm³/mol. The van der Waals surface area contributed by atoms with E-state index in [1.54, 1.807) is 4.90 Å². The third-order valence-corrected chi connectivity index (χ3v) is 2.86. The van der Waals surface area contributed by atoms with Gasteiger partial charge in [0.15, 0.2) is 0 Å². The maximum atomic E-state index is 12.2. The van der Waals surface area contributed by atoms with Crippen LogP contribution in [0, 0.1) is 0 Å². The van der Waals surface area contributed by atoms with E-state index in [1.165, 1.54) is 18.2 Å². The second-order valence-electron chi connectivity index (χ2n) is 4.71. The quantitative estimate of drug-likeness (QED) is 0.790. The zero-order valence-corrected chi connectivity index (χ0v) is 10.5. The van der Waals surface area contributed by atoms with Gasteiger partial charge in [-0.25, -0.2) is 0 Å². The minimum absolute atomic E-state index is 0.0105. The van der Waals surface area contributed by atoms with Crippen LogP contribution in [0.15, 0.2) is 18.2 Å². The van der Waals surface area contributed by atoms with Crippen molar-refractivity contribution >= 4 is 5.91 Å². The van der Waals surface area contributed by atoms with Gasteiger partial charge in [0.05, 0.1) is 12.2 Å². The molecule has 1 fully saturated rings. The second-order valence-corrected chi connectivity index (χ2v) is 4.71. The van der Waals surface area contributed by atoms with Gasteiger partial charge >= 0.3 is 0 Å². The fourth-order valence-corrected chi connectivity index (χ4v) is 2.24. The van der Waals surface area contributed by atoms with E-state index in [1.807, 2.05) is 13.8 Å². The van der Waals surface area contributed by atoms with E-state index in [2.05, 4.69) is 0 Å². The molecule has 2 atom stereocenters. The van der Waals surface area contributed by atoms with E-state index >= 15 is 0 Å². The van der Waals surface area contributed by atoms with Crippen LogP contribution in [0.25, 0.3) is 0 Å². The highest BCUT2D eigenvalue weighted by Crippen LogP contribution is 2.22. The van der Waals surface area contributed by atoms with E-state index in [9.17, 15) is 15.0 Å². The van der Waals surface area contributed by atoms with Crippen LogP contribution in [0.1, 0.15) is 24.2 Å². The van der Waals surface area contributed by atoms with Crippen molar-refractivity contribution in [2.75, 3.05) is 13.1 Å². The molecule has 98 valence electrons. The van der Waals surface area contributed by atoms with Gasteiger partial charge in [0, 0.05) is 24.7 Å². The SMILES string of the molecule is CC1CN(C(=O)c2cc(O)cc(O)c2)CC(C)O1. The molecule has 0 bridgehead atoms.